The Hall–Kier alpha value is -2.17. The van der Waals surface area contributed by atoms with Crippen LogP contribution >= 0.6 is 0 Å². The molecule has 2 aromatic heterocycles. The quantitative estimate of drug-likeness (QED) is 0.791. The maximum absolute atomic E-state index is 11.3. The summed E-state index contributed by atoms with van der Waals surface area (Å²) in [6.45, 7) is 6.69. The third-order valence-corrected chi connectivity index (χ3v) is 3.30. The molecule has 19 heavy (non-hydrogen) atoms. The Labute approximate surface area is 112 Å². The summed E-state index contributed by atoms with van der Waals surface area (Å²) in [4.78, 5) is 15.6. The van der Waals surface area contributed by atoms with Gasteiger partial charge in [0.2, 0.25) is 0 Å². The molecule has 0 unspecified atom stereocenters. The zero-order valence-electron chi connectivity index (χ0n) is 11.6. The summed E-state index contributed by atoms with van der Waals surface area (Å²) in [5.74, 6) is -0.374. The molecule has 0 amide bonds. The zero-order valence-corrected chi connectivity index (χ0v) is 11.6. The van der Waals surface area contributed by atoms with Gasteiger partial charge in [-0.3, -0.25) is 9.67 Å². The van der Waals surface area contributed by atoms with E-state index in [-0.39, 0.29) is 5.97 Å². The van der Waals surface area contributed by atoms with Crippen LogP contribution in [0.15, 0.2) is 18.3 Å². The van der Waals surface area contributed by atoms with Crippen molar-refractivity contribution in [3.8, 4) is 0 Å². The minimum absolute atomic E-state index is 0.374. The molecule has 0 atom stereocenters. The first-order valence-electron chi connectivity index (χ1n) is 6.06. The van der Waals surface area contributed by atoms with Gasteiger partial charge in [-0.1, -0.05) is 0 Å². The van der Waals surface area contributed by atoms with E-state index in [1.54, 1.807) is 6.07 Å². The number of carbonyl (C=O) groups is 1. The van der Waals surface area contributed by atoms with Gasteiger partial charge in [0.15, 0.2) is 0 Å². The minimum atomic E-state index is -0.374. The first-order chi connectivity index (χ1) is 9.02. The van der Waals surface area contributed by atoms with Crippen molar-refractivity contribution in [3.63, 3.8) is 0 Å². The zero-order chi connectivity index (χ0) is 14.0. The summed E-state index contributed by atoms with van der Waals surface area (Å²) in [6, 6.07) is 3.53. The van der Waals surface area contributed by atoms with E-state index in [1.165, 1.54) is 18.9 Å². The van der Waals surface area contributed by atoms with Crippen molar-refractivity contribution >= 4 is 5.97 Å². The fraction of sp³-hybridized carbons (Fsp3) is 0.357. The van der Waals surface area contributed by atoms with E-state index in [0.29, 0.717) is 12.1 Å². The number of pyridine rings is 1. The lowest BCUT2D eigenvalue weighted by atomic mass is 10.2. The number of methoxy groups -OCH3 is 1. The Morgan fingerprint density at radius 1 is 1.32 bits per heavy atom. The summed E-state index contributed by atoms with van der Waals surface area (Å²) >= 11 is 0. The van der Waals surface area contributed by atoms with E-state index >= 15 is 0 Å². The second-order valence-corrected chi connectivity index (χ2v) is 4.48. The number of rotatable bonds is 3. The molecule has 0 aromatic carbocycles. The van der Waals surface area contributed by atoms with E-state index in [9.17, 15) is 4.79 Å². The van der Waals surface area contributed by atoms with E-state index in [4.69, 9.17) is 0 Å². The average Bonchev–Trinajstić information content (AvgIpc) is 2.66. The molecule has 100 valence electrons. The Bertz CT molecular complexity index is 600. The molecule has 0 saturated heterocycles. The molecule has 0 aliphatic rings. The molecule has 0 aliphatic heterocycles. The Morgan fingerprint density at radius 2 is 2.05 bits per heavy atom. The lowest BCUT2D eigenvalue weighted by molar-refractivity contribution is 0.0600. The topological polar surface area (TPSA) is 57.0 Å². The SMILES string of the molecule is COC(=O)c1ccc(Cn2nc(C)c(C)c2C)nc1. The number of hydrogen-bond acceptors (Lipinski definition) is 4. The van der Waals surface area contributed by atoms with Gasteiger partial charge in [-0.2, -0.15) is 5.10 Å². The molecular weight excluding hydrogens is 242 g/mol. The van der Waals surface area contributed by atoms with Gasteiger partial charge in [-0.15, -0.1) is 0 Å². The van der Waals surface area contributed by atoms with Gasteiger partial charge in [-0.05, 0) is 38.5 Å². The van der Waals surface area contributed by atoms with Gasteiger partial charge in [0.1, 0.15) is 0 Å². The third kappa shape index (κ3) is 2.65. The first-order valence-corrected chi connectivity index (χ1v) is 6.06. The van der Waals surface area contributed by atoms with Crippen LogP contribution in [0, 0.1) is 20.8 Å². The standard InChI is InChI=1S/C14H17N3O2/c1-9-10(2)16-17(11(9)3)8-13-6-5-12(7-15-13)14(18)19-4/h5-7H,8H2,1-4H3. The first kappa shape index (κ1) is 13.3. The van der Waals surface area contributed by atoms with Crippen LogP contribution in [0.25, 0.3) is 0 Å². The molecule has 0 radical (unpaired) electrons. The van der Waals surface area contributed by atoms with Crippen molar-refractivity contribution in [1.29, 1.82) is 0 Å². The van der Waals surface area contributed by atoms with Crippen LogP contribution in [-0.4, -0.2) is 27.8 Å². The molecule has 0 fully saturated rings. The monoisotopic (exact) mass is 259 g/mol. The van der Waals surface area contributed by atoms with Crippen LogP contribution < -0.4 is 0 Å². The van der Waals surface area contributed by atoms with Crippen molar-refractivity contribution < 1.29 is 9.53 Å². The molecule has 0 spiro atoms. The molecule has 5 nitrogen and oxygen atoms in total. The Kier molecular flexibility index (Phi) is 3.64. The van der Waals surface area contributed by atoms with Crippen LogP contribution in [0.4, 0.5) is 0 Å². The van der Waals surface area contributed by atoms with Gasteiger partial charge in [0.05, 0.1) is 30.6 Å². The fourth-order valence-electron chi connectivity index (χ4n) is 1.85. The molecule has 2 heterocycles. The second kappa shape index (κ2) is 5.22. The highest BCUT2D eigenvalue weighted by molar-refractivity contribution is 5.88. The highest BCUT2D eigenvalue weighted by Crippen LogP contribution is 2.12. The smallest absolute Gasteiger partial charge is 0.339 e. The largest absolute Gasteiger partial charge is 0.465 e. The number of ether oxygens (including phenoxy) is 1. The Morgan fingerprint density at radius 3 is 2.53 bits per heavy atom. The Balaban J connectivity index is 2.20. The minimum Gasteiger partial charge on any atom is -0.465 e. The van der Waals surface area contributed by atoms with Crippen molar-refractivity contribution in [2.75, 3.05) is 7.11 Å². The lowest BCUT2D eigenvalue weighted by Gasteiger charge is -2.05. The molecule has 5 heteroatoms. The number of esters is 1. The summed E-state index contributed by atoms with van der Waals surface area (Å²) < 4.78 is 6.56. The molecule has 2 rings (SSSR count). The predicted octanol–water partition coefficient (Wildman–Crippen LogP) is 2.04. The highest BCUT2D eigenvalue weighted by atomic mass is 16.5. The summed E-state index contributed by atoms with van der Waals surface area (Å²) in [7, 11) is 1.36. The summed E-state index contributed by atoms with van der Waals surface area (Å²) in [6.07, 6.45) is 1.53. The van der Waals surface area contributed by atoms with Crippen LogP contribution in [0.3, 0.4) is 0 Å². The fourth-order valence-corrected chi connectivity index (χ4v) is 1.85. The van der Waals surface area contributed by atoms with Crippen LogP contribution in [0.5, 0.6) is 0 Å². The van der Waals surface area contributed by atoms with Gasteiger partial charge >= 0.3 is 5.97 Å². The van der Waals surface area contributed by atoms with E-state index in [1.807, 2.05) is 24.6 Å². The van der Waals surface area contributed by atoms with Crippen molar-refractivity contribution in [1.82, 2.24) is 14.8 Å². The number of aromatic nitrogens is 3. The lowest BCUT2D eigenvalue weighted by Crippen LogP contribution is -2.07. The summed E-state index contributed by atoms with van der Waals surface area (Å²) in [5, 5.41) is 4.46. The number of nitrogens with zero attached hydrogens (tertiary/aromatic N) is 3. The van der Waals surface area contributed by atoms with Gasteiger partial charge in [0.25, 0.3) is 0 Å². The summed E-state index contributed by atoms with van der Waals surface area (Å²) in [5.41, 5.74) is 4.68. The highest BCUT2D eigenvalue weighted by Gasteiger charge is 2.09. The van der Waals surface area contributed by atoms with Crippen LogP contribution in [-0.2, 0) is 11.3 Å². The molecular formula is C14H17N3O2. The average molecular weight is 259 g/mol. The van der Waals surface area contributed by atoms with Gasteiger partial charge in [0, 0.05) is 11.9 Å². The maximum atomic E-state index is 11.3. The number of hydrogen-bond donors (Lipinski definition) is 0. The predicted molar refractivity (Wildman–Crippen MR) is 71.1 cm³/mol. The van der Waals surface area contributed by atoms with Crippen LogP contribution in [0.1, 0.15) is 33.0 Å². The number of carbonyl (C=O) groups excluding carboxylic acids is 1. The van der Waals surface area contributed by atoms with Crippen molar-refractivity contribution in [2.45, 2.75) is 27.3 Å². The molecule has 0 N–H and O–H groups in total. The molecule has 0 bridgehead atoms. The second-order valence-electron chi connectivity index (χ2n) is 4.48. The third-order valence-electron chi connectivity index (χ3n) is 3.30. The van der Waals surface area contributed by atoms with E-state index in [0.717, 1.165) is 17.1 Å². The van der Waals surface area contributed by atoms with Gasteiger partial charge < -0.3 is 4.74 Å². The molecule has 0 saturated carbocycles. The van der Waals surface area contributed by atoms with E-state index in [2.05, 4.69) is 21.7 Å². The normalized spacial score (nSPS) is 10.5. The van der Waals surface area contributed by atoms with E-state index < -0.39 is 0 Å². The van der Waals surface area contributed by atoms with Crippen molar-refractivity contribution in [3.05, 3.63) is 46.5 Å². The maximum Gasteiger partial charge on any atom is 0.339 e. The van der Waals surface area contributed by atoms with Crippen LogP contribution in [0.2, 0.25) is 0 Å². The number of aryl methyl sites for hydroxylation is 1. The van der Waals surface area contributed by atoms with Gasteiger partial charge in [-0.25, -0.2) is 4.79 Å². The molecule has 0 aliphatic carbocycles. The van der Waals surface area contributed by atoms with Crippen molar-refractivity contribution in [2.24, 2.45) is 0 Å². The molecule has 2 aromatic rings.